The number of amides is 1. The van der Waals surface area contributed by atoms with Crippen molar-refractivity contribution in [1.29, 1.82) is 0 Å². The maximum atomic E-state index is 13.4. The molecule has 2 aromatic rings. The van der Waals surface area contributed by atoms with Crippen LogP contribution in [0.1, 0.15) is 15.9 Å². The van der Waals surface area contributed by atoms with Gasteiger partial charge in [-0.15, -0.1) is 0 Å². The number of carbonyl (C=O) groups is 1. The van der Waals surface area contributed by atoms with Crippen molar-refractivity contribution in [3.05, 3.63) is 56.7 Å². The number of hydrogen-bond donors (Lipinski definition) is 0. The summed E-state index contributed by atoms with van der Waals surface area (Å²) in [5.41, 5.74) is -0.339. The zero-order valence-electron chi connectivity index (χ0n) is 17.9. The van der Waals surface area contributed by atoms with Crippen LogP contribution in [0.15, 0.2) is 30.3 Å². The van der Waals surface area contributed by atoms with Gasteiger partial charge in [0.1, 0.15) is 11.0 Å². The molecule has 9 nitrogen and oxygen atoms in total. The molecule has 2 aliphatic heterocycles. The van der Waals surface area contributed by atoms with E-state index >= 15 is 0 Å². The van der Waals surface area contributed by atoms with Crippen molar-refractivity contribution < 1.29 is 27.6 Å². The molecule has 0 N–H and O–H groups in total. The maximum Gasteiger partial charge on any atom is 0.419 e. The van der Waals surface area contributed by atoms with Gasteiger partial charge in [0.15, 0.2) is 0 Å². The number of non-ortho nitro benzene ring substituents is 1. The molecule has 3 heterocycles. The van der Waals surface area contributed by atoms with E-state index in [2.05, 4.69) is 4.98 Å². The van der Waals surface area contributed by atoms with Crippen LogP contribution >= 0.6 is 11.6 Å². The number of anilines is 2. The van der Waals surface area contributed by atoms with Gasteiger partial charge in [0.2, 0.25) is 0 Å². The number of nitro benzene ring substituents is 1. The average molecular weight is 500 g/mol. The van der Waals surface area contributed by atoms with Gasteiger partial charge >= 0.3 is 6.18 Å². The van der Waals surface area contributed by atoms with Gasteiger partial charge in [-0.2, -0.15) is 13.2 Å². The number of ether oxygens (including phenoxy) is 1. The second-order valence-corrected chi connectivity index (χ2v) is 8.20. The van der Waals surface area contributed by atoms with E-state index in [-0.39, 0.29) is 36.1 Å². The highest BCUT2D eigenvalue weighted by atomic mass is 35.5. The third-order valence-electron chi connectivity index (χ3n) is 5.80. The summed E-state index contributed by atoms with van der Waals surface area (Å²) in [6.45, 7) is 3.29. The third kappa shape index (κ3) is 5.02. The van der Waals surface area contributed by atoms with Crippen LogP contribution in [0, 0.1) is 10.1 Å². The van der Waals surface area contributed by atoms with Crippen molar-refractivity contribution in [2.45, 2.75) is 6.18 Å². The number of pyridine rings is 1. The number of aromatic nitrogens is 1. The van der Waals surface area contributed by atoms with Crippen LogP contribution in [0.2, 0.25) is 5.15 Å². The van der Waals surface area contributed by atoms with Gasteiger partial charge in [-0.3, -0.25) is 14.9 Å². The van der Waals surface area contributed by atoms with Crippen LogP contribution in [-0.4, -0.2) is 73.2 Å². The molecule has 0 spiro atoms. The number of hydrogen-bond acceptors (Lipinski definition) is 7. The highest BCUT2D eigenvalue weighted by molar-refractivity contribution is 6.30. The molecule has 182 valence electrons. The number of piperazine rings is 1. The Morgan fingerprint density at radius 1 is 1.03 bits per heavy atom. The molecule has 2 fully saturated rings. The Bertz CT molecular complexity index is 1090. The van der Waals surface area contributed by atoms with E-state index in [0.29, 0.717) is 45.1 Å². The first-order valence-corrected chi connectivity index (χ1v) is 10.9. The molecular formula is C21H21ClF3N5O4. The van der Waals surface area contributed by atoms with Gasteiger partial charge < -0.3 is 19.4 Å². The molecule has 1 amide bonds. The quantitative estimate of drug-likeness (QED) is 0.361. The minimum absolute atomic E-state index is 0.178. The Hall–Kier alpha value is -3.12. The monoisotopic (exact) mass is 499 g/mol. The minimum Gasteiger partial charge on any atom is -0.378 e. The summed E-state index contributed by atoms with van der Waals surface area (Å²) in [5.74, 6) is -0.0577. The number of nitrogens with zero attached hydrogens (tertiary/aromatic N) is 5. The lowest BCUT2D eigenvalue weighted by Gasteiger charge is -2.36. The Kier molecular flexibility index (Phi) is 6.80. The summed E-state index contributed by atoms with van der Waals surface area (Å²) in [6.07, 6.45) is -4.59. The molecule has 2 saturated heterocycles. The maximum absolute atomic E-state index is 13.4. The Morgan fingerprint density at radius 3 is 2.29 bits per heavy atom. The fraction of sp³-hybridized carbons (Fsp3) is 0.429. The van der Waals surface area contributed by atoms with E-state index in [1.165, 1.54) is 18.2 Å². The van der Waals surface area contributed by atoms with Gasteiger partial charge in [-0.1, -0.05) is 11.6 Å². The van der Waals surface area contributed by atoms with Crippen molar-refractivity contribution >= 4 is 34.7 Å². The zero-order valence-corrected chi connectivity index (χ0v) is 18.7. The molecule has 34 heavy (non-hydrogen) atoms. The molecule has 1 aromatic carbocycles. The van der Waals surface area contributed by atoms with Crippen LogP contribution in [0.4, 0.5) is 30.4 Å². The molecule has 2 aliphatic rings. The summed E-state index contributed by atoms with van der Waals surface area (Å²) in [4.78, 5) is 33.3. The molecule has 4 rings (SSSR count). The van der Waals surface area contributed by atoms with Crippen molar-refractivity contribution in [2.75, 3.05) is 62.3 Å². The predicted octanol–water partition coefficient (Wildman–Crippen LogP) is 3.46. The van der Waals surface area contributed by atoms with Crippen molar-refractivity contribution in [3.8, 4) is 0 Å². The summed E-state index contributed by atoms with van der Waals surface area (Å²) < 4.78 is 44.2. The van der Waals surface area contributed by atoms with Gasteiger partial charge in [-0.25, -0.2) is 4.98 Å². The number of nitro groups is 1. The van der Waals surface area contributed by atoms with Crippen molar-refractivity contribution in [1.82, 2.24) is 9.88 Å². The van der Waals surface area contributed by atoms with Crippen LogP contribution in [-0.2, 0) is 10.9 Å². The highest BCUT2D eigenvalue weighted by Gasteiger charge is 2.35. The highest BCUT2D eigenvalue weighted by Crippen LogP contribution is 2.35. The molecule has 13 heteroatoms. The SMILES string of the molecule is O=C(c1cc([N+](=O)[O-])ccc1N1CCOCC1)N1CCN(c2ccc(C(F)(F)F)c(Cl)n2)CC1. The Labute approximate surface area is 197 Å². The molecule has 0 unspecified atom stereocenters. The predicted molar refractivity (Wildman–Crippen MR) is 118 cm³/mol. The first kappa shape index (κ1) is 24.0. The van der Waals surface area contributed by atoms with Gasteiger partial charge in [0, 0.05) is 51.4 Å². The van der Waals surface area contributed by atoms with Crippen LogP contribution in [0.3, 0.4) is 0 Å². The molecule has 0 radical (unpaired) electrons. The van der Waals surface area contributed by atoms with Crippen molar-refractivity contribution in [3.63, 3.8) is 0 Å². The first-order valence-electron chi connectivity index (χ1n) is 10.5. The Balaban J connectivity index is 1.50. The minimum atomic E-state index is -4.59. The van der Waals surface area contributed by atoms with Gasteiger partial charge in [-0.05, 0) is 18.2 Å². The fourth-order valence-corrected chi connectivity index (χ4v) is 4.27. The molecule has 0 aliphatic carbocycles. The van der Waals surface area contributed by atoms with E-state index in [4.69, 9.17) is 16.3 Å². The van der Waals surface area contributed by atoms with Crippen LogP contribution < -0.4 is 9.80 Å². The standard InChI is InChI=1S/C21H21ClF3N5O4/c22-19-16(21(23,24)25)2-4-18(26-19)28-5-7-29(8-6-28)20(31)15-13-14(30(32)33)1-3-17(15)27-9-11-34-12-10-27/h1-4,13H,5-12H2. The average Bonchev–Trinajstić information content (AvgIpc) is 2.83. The lowest BCUT2D eigenvalue weighted by Crippen LogP contribution is -2.49. The first-order chi connectivity index (χ1) is 16.1. The lowest BCUT2D eigenvalue weighted by atomic mass is 10.1. The number of carbonyl (C=O) groups excluding carboxylic acids is 1. The second kappa shape index (κ2) is 9.63. The number of morpholine rings is 1. The topological polar surface area (TPSA) is 92.0 Å². The number of benzene rings is 1. The smallest absolute Gasteiger partial charge is 0.378 e. The summed E-state index contributed by atoms with van der Waals surface area (Å²) in [5, 5.41) is 10.7. The molecular weight excluding hydrogens is 479 g/mol. The van der Waals surface area contributed by atoms with Gasteiger partial charge in [0.25, 0.3) is 11.6 Å². The molecule has 0 bridgehead atoms. The molecule has 1 aromatic heterocycles. The van der Waals surface area contributed by atoms with Crippen molar-refractivity contribution in [2.24, 2.45) is 0 Å². The van der Waals surface area contributed by atoms with E-state index < -0.39 is 21.8 Å². The number of alkyl halides is 3. The van der Waals surface area contributed by atoms with Crippen LogP contribution in [0.5, 0.6) is 0 Å². The molecule has 0 saturated carbocycles. The van der Waals surface area contributed by atoms with E-state index in [9.17, 15) is 28.1 Å². The second-order valence-electron chi connectivity index (χ2n) is 7.84. The van der Waals surface area contributed by atoms with E-state index in [1.807, 2.05) is 4.90 Å². The lowest BCUT2D eigenvalue weighted by molar-refractivity contribution is -0.384. The summed E-state index contributed by atoms with van der Waals surface area (Å²) in [7, 11) is 0. The van der Waals surface area contributed by atoms with E-state index in [0.717, 1.165) is 6.07 Å². The third-order valence-corrected chi connectivity index (χ3v) is 6.09. The van der Waals surface area contributed by atoms with Gasteiger partial charge in [0.05, 0.1) is 35.0 Å². The largest absolute Gasteiger partial charge is 0.419 e. The summed E-state index contributed by atoms with van der Waals surface area (Å²) >= 11 is 5.73. The zero-order chi connectivity index (χ0) is 24.5. The fourth-order valence-electron chi connectivity index (χ4n) is 4.01. The Morgan fingerprint density at radius 2 is 1.71 bits per heavy atom. The summed E-state index contributed by atoms with van der Waals surface area (Å²) in [6, 6.07) is 6.39. The number of rotatable bonds is 4. The van der Waals surface area contributed by atoms with E-state index in [1.54, 1.807) is 15.9 Å². The van der Waals surface area contributed by atoms with Crippen LogP contribution in [0.25, 0.3) is 0 Å². The normalized spacial score (nSPS) is 17.1. The molecule has 0 atom stereocenters. The number of halogens is 4.